The number of unbranched alkanes of at least 4 members (excludes halogenated alkanes) is 1. The summed E-state index contributed by atoms with van der Waals surface area (Å²) in [5.41, 5.74) is 2.47. The van der Waals surface area contributed by atoms with Gasteiger partial charge in [0.1, 0.15) is 24.7 Å². The van der Waals surface area contributed by atoms with E-state index in [0.717, 1.165) is 30.2 Å². The van der Waals surface area contributed by atoms with Crippen LogP contribution in [0.2, 0.25) is 0 Å². The van der Waals surface area contributed by atoms with Crippen LogP contribution in [0.5, 0.6) is 5.88 Å². The van der Waals surface area contributed by atoms with Crippen molar-refractivity contribution >= 4 is 16.8 Å². The molecular weight excluding hydrogens is 380 g/mol. The molecule has 1 fully saturated rings. The van der Waals surface area contributed by atoms with Gasteiger partial charge in [-0.05, 0) is 36.6 Å². The summed E-state index contributed by atoms with van der Waals surface area (Å²) in [5.74, 6) is 0.454. The van der Waals surface area contributed by atoms with Gasteiger partial charge in [-0.15, -0.1) is 0 Å². The maximum atomic E-state index is 12.9. The van der Waals surface area contributed by atoms with Crippen molar-refractivity contribution in [1.29, 1.82) is 0 Å². The predicted molar refractivity (Wildman–Crippen MR) is 114 cm³/mol. The topological polar surface area (TPSA) is 77.4 Å². The molecule has 0 N–H and O–H groups in total. The number of morpholine rings is 1. The summed E-state index contributed by atoms with van der Waals surface area (Å²) in [6, 6.07) is 11.5. The van der Waals surface area contributed by atoms with Crippen molar-refractivity contribution in [3.8, 4) is 5.88 Å². The number of carbonyl (C=O) groups excluding carboxylic acids is 1. The molecule has 7 heteroatoms. The number of benzene rings is 1. The molecule has 30 heavy (non-hydrogen) atoms. The number of fused-ring (bicyclic) bond motifs is 1. The van der Waals surface area contributed by atoms with Gasteiger partial charge in [0, 0.05) is 12.7 Å². The average Bonchev–Trinajstić information content (AvgIpc) is 2.81. The number of hydrogen-bond acceptors (Lipinski definition) is 6. The smallest absolute Gasteiger partial charge is 0.272 e. The number of aryl methyl sites for hydroxylation is 1. The molecule has 3 heterocycles. The van der Waals surface area contributed by atoms with Crippen LogP contribution in [0.1, 0.15) is 35.8 Å². The van der Waals surface area contributed by atoms with Crippen molar-refractivity contribution in [2.24, 2.45) is 0 Å². The highest BCUT2D eigenvalue weighted by atomic mass is 16.5. The highest BCUT2D eigenvalue weighted by Crippen LogP contribution is 2.21. The van der Waals surface area contributed by atoms with Crippen molar-refractivity contribution in [2.45, 2.75) is 32.3 Å². The van der Waals surface area contributed by atoms with E-state index in [4.69, 9.17) is 9.47 Å². The van der Waals surface area contributed by atoms with Gasteiger partial charge >= 0.3 is 0 Å². The quantitative estimate of drug-likeness (QED) is 0.599. The van der Waals surface area contributed by atoms with E-state index in [0.29, 0.717) is 37.9 Å². The van der Waals surface area contributed by atoms with Crippen LogP contribution in [0.25, 0.3) is 10.9 Å². The van der Waals surface area contributed by atoms with Crippen LogP contribution in [0, 0.1) is 0 Å². The zero-order valence-electron chi connectivity index (χ0n) is 17.2. The molecule has 1 aromatic carbocycles. The second-order valence-corrected chi connectivity index (χ2v) is 7.41. The van der Waals surface area contributed by atoms with Crippen LogP contribution in [-0.4, -0.2) is 58.2 Å². The number of nitrogens with zero attached hydrogens (tertiary/aromatic N) is 4. The molecular formula is C23H26N4O3. The van der Waals surface area contributed by atoms with Gasteiger partial charge in [-0.1, -0.05) is 31.5 Å². The SMILES string of the molecule is CCCCc1ccc(C(=O)N2CCOC(COc3ncnc4ccccc34)C2)nc1. The molecule has 0 saturated carbocycles. The lowest BCUT2D eigenvalue weighted by Gasteiger charge is -2.32. The third kappa shape index (κ3) is 4.74. The first kappa shape index (κ1) is 20.2. The van der Waals surface area contributed by atoms with E-state index in [-0.39, 0.29) is 12.0 Å². The molecule has 3 aromatic rings. The van der Waals surface area contributed by atoms with Crippen molar-refractivity contribution < 1.29 is 14.3 Å². The summed E-state index contributed by atoms with van der Waals surface area (Å²) in [6.07, 6.45) is 6.34. The first-order valence-electron chi connectivity index (χ1n) is 10.4. The summed E-state index contributed by atoms with van der Waals surface area (Å²) in [7, 11) is 0. The minimum atomic E-state index is -0.222. The lowest BCUT2D eigenvalue weighted by atomic mass is 10.1. The Hall–Kier alpha value is -3.06. The Morgan fingerprint density at radius 3 is 2.93 bits per heavy atom. The van der Waals surface area contributed by atoms with E-state index in [9.17, 15) is 4.79 Å². The molecule has 1 saturated heterocycles. The molecule has 0 radical (unpaired) electrons. The monoisotopic (exact) mass is 406 g/mol. The summed E-state index contributed by atoms with van der Waals surface area (Å²) in [5, 5.41) is 0.858. The molecule has 1 aliphatic heterocycles. The van der Waals surface area contributed by atoms with Crippen molar-refractivity contribution in [3.05, 3.63) is 60.2 Å². The number of rotatable bonds is 7. The van der Waals surface area contributed by atoms with Crippen LogP contribution >= 0.6 is 0 Å². The second kappa shape index (κ2) is 9.63. The van der Waals surface area contributed by atoms with Crippen LogP contribution in [0.3, 0.4) is 0 Å². The normalized spacial score (nSPS) is 16.6. The molecule has 1 aliphatic rings. The third-order valence-electron chi connectivity index (χ3n) is 5.20. The van der Waals surface area contributed by atoms with Crippen LogP contribution in [0.4, 0.5) is 0 Å². The summed E-state index contributed by atoms with van der Waals surface area (Å²) in [4.78, 5) is 27.5. The number of amides is 1. The molecule has 1 unspecified atom stereocenters. The fraction of sp³-hybridized carbons (Fsp3) is 0.391. The maximum absolute atomic E-state index is 12.9. The van der Waals surface area contributed by atoms with Gasteiger partial charge in [0.2, 0.25) is 5.88 Å². The fourth-order valence-corrected chi connectivity index (χ4v) is 3.51. The Morgan fingerprint density at radius 1 is 1.20 bits per heavy atom. The number of hydrogen-bond donors (Lipinski definition) is 0. The highest BCUT2D eigenvalue weighted by Gasteiger charge is 2.26. The number of para-hydroxylation sites is 1. The summed E-state index contributed by atoms with van der Waals surface area (Å²) < 4.78 is 11.7. The average molecular weight is 406 g/mol. The molecule has 1 amide bonds. The van der Waals surface area contributed by atoms with Crippen LogP contribution < -0.4 is 4.74 Å². The summed E-state index contributed by atoms with van der Waals surface area (Å²) in [6.45, 7) is 3.95. The largest absolute Gasteiger partial charge is 0.474 e. The molecule has 4 rings (SSSR count). The van der Waals surface area contributed by atoms with Gasteiger partial charge < -0.3 is 14.4 Å². The minimum Gasteiger partial charge on any atom is -0.474 e. The first-order chi connectivity index (χ1) is 14.7. The second-order valence-electron chi connectivity index (χ2n) is 7.41. The van der Waals surface area contributed by atoms with Gasteiger partial charge in [-0.2, -0.15) is 0 Å². The van der Waals surface area contributed by atoms with Gasteiger partial charge in [0.05, 0.1) is 24.1 Å². The molecule has 1 atom stereocenters. The van der Waals surface area contributed by atoms with Crippen molar-refractivity contribution in [2.75, 3.05) is 26.3 Å². The van der Waals surface area contributed by atoms with E-state index >= 15 is 0 Å². The number of carbonyl (C=O) groups is 1. The lowest BCUT2D eigenvalue weighted by Crippen LogP contribution is -2.47. The number of aromatic nitrogens is 3. The molecule has 2 aromatic heterocycles. The molecule has 156 valence electrons. The number of pyridine rings is 1. The van der Waals surface area contributed by atoms with Crippen molar-refractivity contribution in [3.63, 3.8) is 0 Å². The fourth-order valence-electron chi connectivity index (χ4n) is 3.51. The van der Waals surface area contributed by atoms with E-state index in [2.05, 4.69) is 21.9 Å². The van der Waals surface area contributed by atoms with Crippen LogP contribution in [0.15, 0.2) is 48.9 Å². The Balaban J connectivity index is 1.36. The molecule has 0 aliphatic carbocycles. The van der Waals surface area contributed by atoms with Crippen molar-refractivity contribution in [1.82, 2.24) is 19.9 Å². The van der Waals surface area contributed by atoms with E-state index in [1.165, 1.54) is 11.9 Å². The van der Waals surface area contributed by atoms with E-state index in [1.54, 1.807) is 4.90 Å². The van der Waals surface area contributed by atoms with Gasteiger partial charge in [-0.3, -0.25) is 9.78 Å². The maximum Gasteiger partial charge on any atom is 0.272 e. The van der Waals surface area contributed by atoms with Gasteiger partial charge in [-0.25, -0.2) is 9.97 Å². The Morgan fingerprint density at radius 2 is 2.10 bits per heavy atom. The van der Waals surface area contributed by atoms with E-state index < -0.39 is 0 Å². The predicted octanol–water partition coefficient (Wildman–Crippen LogP) is 3.29. The third-order valence-corrected chi connectivity index (χ3v) is 5.20. The number of ether oxygens (including phenoxy) is 2. The Labute approximate surface area is 176 Å². The lowest BCUT2D eigenvalue weighted by molar-refractivity contribution is -0.0406. The zero-order chi connectivity index (χ0) is 20.8. The molecule has 0 spiro atoms. The highest BCUT2D eigenvalue weighted by molar-refractivity contribution is 5.92. The molecule has 7 nitrogen and oxygen atoms in total. The first-order valence-corrected chi connectivity index (χ1v) is 10.4. The Kier molecular flexibility index (Phi) is 6.49. The van der Waals surface area contributed by atoms with Gasteiger partial charge in [0.25, 0.3) is 5.91 Å². The summed E-state index contributed by atoms with van der Waals surface area (Å²) >= 11 is 0. The van der Waals surface area contributed by atoms with E-state index in [1.807, 2.05) is 42.6 Å². The molecule has 0 bridgehead atoms. The Bertz CT molecular complexity index is 988. The standard InChI is InChI=1S/C23H26N4O3/c1-2-3-6-17-9-10-21(24-13-17)23(28)27-11-12-29-18(14-27)15-30-22-19-7-4-5-8-20(19)25-16-26-22/h4-5,7-10,13,16,18H,2-3,6,11-12,14-15H2,1H3. The zero-order valence-corrected chi connectivity index (χ0v) is 17.2. The minimum absolute atomic E-state index is 0.0715. The van der Waals surface area contributed by atoms with Crippen LogP contribution in [-0.2, 0) is 11.2 Å². The van der Waals surface area contributed by atoms with Gasteiger partial charge in [0.15, 0.2) is 0 Å².